The van der Waals surface area contributed by atoms with Gasteiger partial charge in [-0.15, -0.1) is 0 Å². The van der Waals surface area contributed by atoms with Gasteiger partial charge in [0, 0.05) is 20.6 Å². The van der Waals surface area contributed by atoms with Gasteiger partial charge >= 0.3 is 0 Å². The van der Waals surface area contributed by atoms with Crippen molar-refractivity contribution in [3.05, 3.63) is 51.6 Å². The summed E-state index contributed by atoms with van der Waals surface area (Å²) < 4.78 is 0. The van der Waals surface area contributed by atoms with Crippen molar-refractivity contribution in [3.8, 4) is 6.07 Å². The Balaban J connectivity index is 2.39. The topological polar surface area (TPSA) is 36.7 Å². The summed E-state index contributed by atoms with van der Waals surface area (Å²) in [5.41, 5.74) is 1.41. The number of aryl methyl sites for hydroxylation is 1. The maximum Gasteiger partial charge on any atom is 0.119 e. The maximum atomic E-state index is 9.04. The van der Waals surface area contributed by atoms with Crippen LogP contribution < -0.4 is 0 Å². The molecule has 1 heterocycles. The van der Waals surface area contributed by atoms with Crippen molar-refractivity contribution >= 4 is 35.0 Å². The number of hydrogen-bond donors (Lipinski definition) is 0. The standard InChI is InChI=1S/C13H8Cl2N2S/c1-8-2-3-9(7-16)13(17-8)18-12-5-10(14)4-11(15)6-12/h2-6H,1H3. The Morgan fingerprint density at radius 2 is 1.83 bits per heavy atom. The second-order valence-electron chi connectivity index (χ2n) is 3.62. The van der Waals surface area contributed by atoms with Crippen LogP contribution in [0.2, 0.25) is 10.0 Å². The van der Waals surface area contributed by atoms with E-state index in [0.717, 1.165) is 10.6 Å². The lowest BCUT2D eigenvalue weighted by Crippen LogP contribution is -1.89. The van der Waals surface area contributed by atoms with Crippen LogP contribution in [-0.4, -0.2) is 4.98 Å². The maximum absolute atomic E-state index is 9.04. The highest BCUT2D eigenvalue weighted by atomic mass is 35.5. The van der Waals surface area contributed by atoms with Gasteiger partial charge in [0.2, 0.25) is 0 Å². The summed E-state index contributed by atoms with van der Waals surface area (Å²) >= 11 is 13.3. The molecule has 0 spiro atoms. The Hall–Kier alpha value is -1.21. The minimum absolute atomic E-state index is 0.543. The van der Waals surface area contributed by atoms with Gasteiger partial charge in [0.1, 0.15) is 11.1 Å². The Morgan fingerprint density at radius 3 is 2.44 bits per heavy atom. The van der Waals surface area contributed by atoms with Gasteiger partial charge in [0.05, 0.1) is 5.56 Å². The van der Waals surface area contributed by atoms with Gasteiger partial charge in [-0.1, -0.05) is 35.0 Å². The van der Waals surface area contributed by atoms with Crippen molar-refractivity contribution in [1.82, 2.24) is 4.98 Å². The molecule has 0 aliphatic rings. The predicted octanol–water partition coefficient (Wildman–Crippen LogP) is 4.72. The van der Waals surface area contributed by atoms with E-state index in [1.54, 1.807) is 24.3 Å². The van der Waals surface area contributed by atoms with E-state index in [-0.39, 0.29) is 0 Å². The number of aromatic nitrogens is 1. The highest BCUT2D eigenvalue weighted by molar-refractivity contribution is 7.99. The fraction of sp³-hybridized carbons (Fsp3) is 0.0769. The van der Waals surface area contributed by atoms with Crippen LogP contribution in [0, 0.1) is 18.3 Å². The molecule has 0 aliphatic heterocycles. The molecule has 2 nitrogen and oxygen atoms in total. The summed E-state index contributed by atoms with van der Waals surface area (Å²) in [4.78, 5) is 5.22. The number of nitrogens with zero attached hydrogens (tertiary/aromatic N) is 2. The SMILES string of the molecule is Cc1ccc(C#N)c(Sc2cc(Cl)cc(Cl)c2)n1. The Kier molecular flexibility index (Phi) is 4.13. The van der Waals surface area contributed by atoms with Crippen molar-refractivity contribution in [2.24, 2.45) is 0 Å². The van der Waals surface area contributed by atoms with E-state index in [1.807, 2.05) is 13.0 Å². The molecule has 0 amide bonds. The van der Waals surface area contributed by atoms with Gasteiger partial charge in [-0.3, -0.25) is 0 Å². The number of hydrogen-bond acceptors (Lipinski definition) is 3. The van der Waals surface area contributed by atoms with Crippen LogP contribution in [-0.2, 0) is 0 Å². The minimum atomic E-state index is 0.543. The molecule has 18 heavy (non-hydrogen) atoms. The fourth-order valence-electron chi connectivity index (χ4n) is 1.39. The normalized spacial score (nSPS) is 10.1. The second kappa shape index (κ2) is 5.62. The third kappa shape index (κ3) is 3.17. The van der Waals surface area contributed by atoms with Crippen LogP contribution in [0.25, 0.3) is 0 Å². The molecule has 0 aliphatic carbocycles. The number of rotatable bonds is 2. The largest absolute Gasteiger partial charge is 0.245 e. The van der Waals surface area contributed by atoms with E-state index in [1.165, 1.54) is 11.8 Å². The van der Waals surface area contributed by atoms with Crippen LogP contribution >= 0.6 is 35.0 Å². The van der Waals surface area contributed by atoms with Crippen LogP contribution in [0.3, 0.4) is 0 Å². The molecule has 0 bridgehead atoms. The summed E-state index contributed by atoms with van der Waals surface area (Å²) in [5.74, 6) is 0. The lowest BCUT2D eigenvalue weighted by atomic mass is 10.3. The summed E-state index contributed by atoms with van der Waals surface area (Å²) in [5, 5.41) is 10.8. The number of nitriles is 1. The van der Waals surface area contributed by atoms with Gasteiger partial charge in [-0.2, -0.15) is 5.26 Å². The Bertz CT molecular complexity index is 615. The fourth-order valence-corrected chi connectivity index (χ4v) is 3.06. The summed E-state index contributed by atoms with van der Waals surface area (Å²) in [6, 6.07) is 11.0. The second-order valence-corrected chi connectivity index (χ2v) is 5.56. The average molecular weight is 295 g/mol. The van der Waals surface area contributed by atoms with E-state index in [4.69, 9.17) is 28.5 Å². The summed E-state index contributed by atoms with van der Waals surface area (Å²) in [6.45, 7) is 1.89. The van der Waals surface area contributed by atoms with E-state index >= 15 is 0 Å². The monoisotopic (exact) mass is 294 g/mol. The van der Waals surface area contributed by atoms with E-state index in [9.17, 15) is 0 Å². The van der Waals surface area contributed by atoms with Crippen molar-refractivity contribution in [2.75, 3.05) is 0 Å². The molecule has 0 saturated heterocycles. The van der Waals surface area contributed by atoms with Crippen LogP contribution in [0.15, 0.2) is 40.3 Å². The lowest BCUT2D eigenvalue weighted by Gasteiger charge is -2.05. The zero-order chi connectivity index (χ0) is 13.1. The molecule has 2 rings (SSSR count). The third-order valence-corrected chi connectivity index (χ3v) is 3.58. The Morgan fingerprint density at radius 1 is 1.17 bits per heavy atom. The number of halogens is 2. The van der Waals surface area contributed by atoms with E-state index in [2.05, 4.69) is 11.1 Å². The molecular formula is C13H8Cl2N2S. The first-order valence-electron chi connectivity index (χ1n) is 5.10. The van der Waals surface area contributed by atoms with Gasteiger partial charge < -0.3 is 0 Å². The first kappa shape index (κ1) is 13.2. The number of pyridine rings is 1. The van der Waals surface area contributed by atoms with Crippen LogP contribution in [0.1, 0.15) is 11.3 Å². The van der Waals surface area contributed by atoms with Gasteiger partial charge in [0.15, 0.2) is 0 Å². The Labute approximate surface area is 120 Å². The molecule has 5 heteroatoms. The molecule has 2 aromatic rings. The van der Waals surface area contributed by atoms with E-state index in [0.29, 0.717) is 20.6 Å². The molecular weight excluding hydrogens is 287 g/mol. The van der Waals surface area contributed by atoms with Crippen molar-refractivity contribution in [1.29, 1.82) is 5.26 Å². The predicted molar refractivity (Wildman–Crippen MR) is 74.3 cm³/mol. The smallest absolute Gasteiger partial charge is 0.119 e. The molecule has 0 radical (unpaired) electrons. The van der Waals surface area contributed by atoms with Crippen molar-refractivity contribution < 1.29 is 0 Å². The van der Waals surface area contributed by atoms with Crippen LogP contribution in [0.5, 0.6) is 0 Å². The highest BCUT2D eigenvalue weighted by Gasteiger charge is 2.07. The highest BCUT2D eigenvalue weighted by Crippen LogP contribution is 2.32. The molecule has 0 unspecified atom stereocenters. The van der Waals surface area contributed by atoms with Crippen molar-refractivity contribution in [2.45, 2.75) is 16.8 Å². The lowest BCUT2D eigenvalue weighted by molar-refractivity contribution is 1.05. The molecule has 1 aromatic carbocycles. The molecule has 0 fully saturated rings. The summed E-state index contributed by atoms with van der Waals surface area (Å²) in [6.07, 6.45) is 0. The van der Waals surface area contributed by atoms with Gasteiger partial charge in [-0.05, 0) is 37.3 Å². The zero-order valence-corrected chi connectivity index (χ0v) is 11.8. The quantitative estimate of drug-likeness (QED) is 0.804. The zero-order valence-electron chi connectivity index (χ0n) is 9.45. The summed E-state index contributed by atoms with van der Waals surface area (Å²) in [7, 11) is 0. The van der Waals surface area contributed by atoms with Gasteiger partial charge in [0.25, 0.3) is 0 Å². The van der Waals surface area contributed by atoms with Gasteiger partial charge in [-0.25, -0.2) is 4.98 Å². The molecule has 0 atom stereocenters. The average Bonchev–Trinajstić information content (AvgIpc) is 2.27. The van der Waals surface area contributed by atoms with E-state index < -0.39 is 0 Å². The minimum Gasteiger partial charge on any atom is -0.245 e. The molecule has 90 valence electrons. The van der Waals surface area contributed by atoms with Crippen LogP contribution in [0.4, 0.5) is 0 Å². The third-order valence-electron chi connectivity index (χ3n) is 2.17. The molecule has 0 saturated carbocycles. The molecule has 0 N–H and O–H groups in total. The first-order valence-corrected chi connectivity index (χ1v) is 6.67. The molecule has 1 aromatic heterocycles. The number of benzene rings is 1. The van der Waals surface area contributed by atoms with Crippen molar-refractivity contribution in [3.63, 3.8) is 0 Å². The first-order chi connectivity index (χ1) is 8.58.